The van der Waals surface area contributed by atoms with Gasteiger partial charge >= 0.3 is 11.9 Å². The second-order valence-corrected chi connectivity index (χ2v) is 9.92. The van der Waals surface area contributed by atoms with E-state index in [-0.39, 0.29) is 13.0 Å². The number of hydrogen-bond acceptors (Lipinski definition) is 4. The molecule has 0 aliphatic carbocycles. The molecule has 0 unspecified atom stereocenters. The lowest BCUT2D eigenvalue weighted by molar-refractivity contribution is -0.138. The van der Waals surface area contributed by atoms with Crippen molar-refractivity contribution in [1.82, 2.24) is 4.57 Å². The fraction of sp³-hybridized carbons (Fsp3) is 0.235. The molecule has 0 amide bonds. The number of carboxylic acid groups (broad SMARTS) is 2. The van der Waals surface area contributed by atoms with E-state index in [0.717, 1.165) is 16.9 Å². The van der Waals surface area contributed by atoms with E-state index in [1.54, 1.807) is 35.8 Å². The summed E-state index contributed by atoms with van der Waals surface area (Å²) in [7, 11) is 0. The van der Waals surface area contributed by atoms with Crippen LogP contribution in [0.2, 0.25) is 0 Å². The van der Waals surface area contributed by atoms with Gasteiger partial charge < -0.3 is 24.3 Å². The summed E-state index contributed by atoms with van der Waals surface area (Å²) in [5, 5.41) is 18.7. The quantitative estimate of drug-likeness (QED) is 0.124. The van der Waals surface area contributed by atoms with E-state index in [0.29, 0.717) is 59.5 Å². The summed E-state index contributed by atoms with van der Waals surface area (Å²) in [5.41, 5.74) is 4.03. The van der Waals surface area contributed by atoms with Gasteiger partial charge in [-0.2, -0.15) is 0 Å². The van der Waals surface area contributed by atoms with Crippen LogP contribution in [-0.2, 0) is 22.6 Å². The largest absolute Gasteiger partial charge is 0.490 e. The minimum absolute atomic E-state index is 0.0509. The molecule has 42 heavy (non-hydrogen) atoms. The monoisotopic (exact) mass is 571 g/mol. The third-order valence-corrected chi connectivity index (χ3v) is 6.97. The number of aliphatic carboxylic acids is 2. The van der Waals surface area contributed by atoms with Crippen LogP contribution >= 0.6 is 0 Å². The Morgan fingerprint density at radius 2 is 1.60 bits per heavy atom. The van der Waals surface area contributed by atoms with Crippen LogP contribution < -0.4 is 9.47 Å². The SMILES string of the molecule is Cc1ccccc1OCC=CCOc1ccc(C=Cc2ccc3c(c2F)c(CCCC(=O)O)c(C)n3CC(=O)O)cc1. The van der Waals surface area contributed by atoms with Gasteiger partial charge in [-0.15, -0.1) is 0 Å². The predicted octanol–water partition coefficient (Wildman–Crippen LogP) is 7.07. The standard InChI is InChI=1S/C34H34FNO6/c1-23-8-3-4-10-30(23)42-21-6-5-20-41-27-17-13-25(14-18-27)12-15-26-16-19-29-33(34(26)35)28(9-7-11-31(37)38)24(2)36(29)22-32(39)40/h3-6,8,10,12-19H,7,9,11,20-22H2,1-2H3,(H,37,38)(H,39,40). The van der Waals surface area contributed by atoms with Crippen LogP contribution in [0.1, 0.15) is 40.8 Å². The first-order chi connectivity index (χ1) is 20.2. The highest BCUT2D eigenvalue weighted by atomic mass is 19.1. The summed E-state index contributed by atoms with van der Waals surface area (Å²) in [6.07, 6.45) is 7.88. The lowest BCUT2D eigenvalue weighted by atomic mass is 10.0. The van der Waals surface area contributed by atoms with Crippen molar-refractivity contribution in [3.05, 3.63) is 107 Å². The first-order valence-electron chi connectivity index (χ1n) is 13.7. The Morgan fingerprint density at radius 3 is 2.29 bits per heavy atom. The van der Waals surface area contributed by atoms with E-state index in [1.807, 2.05) is 67.6 Å². The number of carboxylic acids is 2. The van der Waals surface area contributed by atoms with Crippen molar-refractivity contribution < 1.29 is 33.7 Å². The van der Waals surface area contributed by atoms with E-state index in [1.165, 1.54) is 0 Å². The second kappa shape index (κ2) is 14.2. The smallest absolute Gasteiger partial charge is 0.323 e. The van der Waals surface area contributed by atoms with Gasteiger partial charge in [0.25, 0.3) is 0 Å². The first-order valence-corrected chi connectivity index (χ1v) is 13.7. The van der Waals surface area contributed by atoms with Crippen LogP contribution in [0.4, 0.5) is 4.39 Å². The number of nitrogens with zero attached hydrogens (tertiary/aromatic N) is 1. The van der Waals surface area contributed by atoms with Gasteiger partial charge in [-0.1, -0.05) is 42.5 Å². The maximum Gasteiger partial charge on any atom is 0.323 e. The second-order valence-electron chi connectivity index (χ2n) is 9.92. The number of rotatable bonds is 14. The number of fused-ring (bicyclic) bond motifs is 1. The predicted molar refractivity (Wildman–Crippen MR) is 162 cm³/mol. The van der Waals surface area contributed by atoms with Crippen LogP contribution in [-0.4, -0.2) is 39.9 Å². The molecule has 0 aliphatic heterocycles. The number of aromatic nitrogens is 1. The zero-order valence-corrected chi connectivity index (χ0v) is 23.7. The molecule has 0 atom stereocenters. The van der Waals surface area contributed by atoms with Gasteiger partial charge in [0.15, 0.2) is 0 Å². The molecule has 2 N–H and O–H groups in total. The van der Waals surface area contributed by atoms with Crippen LogP contribution in [0.5, 0.6) is 11.5 Å². The zero-order chi connectivity index (χ0) is 30.1. The van der Waals surface area contributed by atoms with Crippen molar-refractivity contribution in [3.8, 4) is 11.5 Å². The lowest BCUT2D eigenvalue weighted by Gasteiger charge is -2.06. The van der Waals surface area contributed by atoms with Gasteiger partial charge in [0.05, 0.1) is 5.52 Å². The molecule has 4 aromatic rings. The summed E-state index contributed by atoms with van der Waals surface area (Å²) < 4.78 is 28.9. The molecule has 1 heterocycles. The number of aryl methyl sites for hydroxylation is 2. The molecule has 8 heteroatoms. The summed E-state index contributed by atoms with van der Waals surface area (Å²) in [4.78, 5) is 22.5. The highest BCUT2D eigenvalue weighted by molar-refractivity contribution is 5.90. The van der Waals surface area contributed by atoms with Gasteiger partial charge in [-0.25, -0.2) is 4.39 Å². The number of para-hydroxylation sites is 1. The highest BCUT2D eigenvalue weighted by Crippen LogP contribution is 2.32. The number of hydrogen-bond donors (Lipinski definition) is 2. The van der Waals surface area contributed by atoms with Gasteiger partial charge in [-0.05, 0) is 85.9 Å². The zero-order valence-electron chi connectivity index (χ0n) is 23.7. The molecule has 0 saturated heterocycles. The summed E-state index contributed by atoms with van der Waals surface area (Å²) >= 11 is 0. The van der Waals surface area contributed by atoms with E-state index in [9.17, 15) is 14.7 Å². The van der Waals surface area contributed by atoms with Crippen molar-refractivity contribution in [2.45, 2.75) is 39.7 Å². The van der Waals surface area contributed by atoms with Crippen molar-refractivity contribution in [3.63, 3.8) is 0 Å². The minimum Gasteiger partial charge on any atom is -0.490 e. The number of halogens is 1. The first kappa shape index (κ1) is 30.1. The van der Waals surface area contributed by atoms with Gasteiger partial charge in [0.2, 0.25) is 0 Å². The van der Waals surface area contributed by atoms with Gasteiger partial charge in [-0.3, -0.25) is 9.59 Å². The fourth-order valence-electron chi connectivity index (χ4n) is 4.81. The van der Waals surface area contributed by atoms with E-state index >= 15 is 4.39 Å². The molecule has 0 fully saturated rings. The average Bonchev–Trinajstić information content (AvgIpc) is 3.22. The molecule has 218 valence electrons. The van der Waals surface area contributed by atoms with E-state index < -0.39 is 17.8 Å². The summed E-state index contributed by atoms with van der Waals surface area (Å²) in [6, 6.07) is 18.6. The molecule has 1 aromatic heterocycles. The van der Waals surface area contributed by atoms with Crippen molar-refractivity contribution in [1.29, 1.82) is 0 Å². The molecular weight excluding hydrogens is 537 g/mol. The molecule has 7 nitrogen and oxygen atoms in total. The average molecular weight is 572 g/mol. The molecule has 0 bridgehead atoms. The van der Waals surface area contributed by atoms with Crippen LogP contribution in [0.15, 0.2) is 72.8 Å². The Kier molecular flexibility index (Phi) is 10.2. The van der Waals surface area contributed by atoms with Crippen LogP contribution in [0, 0.1) is 19.7 Å². The summed E-state index contributed by atoms with van der Waals surface area (Å²) in [5.74, 6) is -0.867. The molecule has 0 saturated carbocycles. The Morgan fingerprint density at radius 1 is 0.881 bits per heavy atom. The molecule has 3 aromatic carbocycles. The Balaban J connectivity index is 1.41. The molecular formula is C34H34FNO6. The van der Waals surface area contributed by atoms with E-state index in [4.69, 9.17) is 14.6 Å². The fourth-order valence-corrected chi connectivity index (χ4v) is 4.81. The molecule has 0 radical (unpaired) electrons. The molecule has 4 rings (SSSR count). The third kappa shape index (κ3) is 7.66. The van der Waals surface area contributed by atoms with Crippen LogP contribution in [0.3, 0.4) is 0 Å². The number of benzene rings is 3. The lowest BCUT2D eigenvalue weighted by Crippen LogP contribution is -2.10. The third-order valence-electron chi connectivity index (χ3n) is 6.97. The van der Waals surface area contributed by atoms with Gasteiger partial charge in [0.1, 0.15) is 37.1 Å². The Bertz CT molecular complexity index is 1620. The van der Waals surface area contributed by atoms with Crippen molar-refractivity contribution in [2.75, 3.05) is 13.2 Å². The normalized spacial score (nSPS) is 11.5. The van der Waals surface area contributed by atoms with Crippen molar-refractivity contribution in [2.24, 2.45) is 0 Å². The minimum atomic E-state index is -1.04. The maximum absolute atomic E-state index is 15.8. The van der Waals surface area contributed by atoms with E-state index in [2.05, 4.69) is 0 Å². The summed E-state index contributed by atoms with van der Waals surface area (Å²) in [6.45, 7) is 4.29. The van der Waals surface area contributed by atoms with Crippen LogP contribution in [0.25, 0.3) is 23.1 Å². The van der Waals surface area contributed by atoms with Crippen molar-refractivity contribution >= 4 is 35.0 Å². The number of ether oxygens (including phenoxy) is 2. The van der Waals surface area contributed by atoms with Gasteiger partial charge in [0, 0.05) is 23.1 Å². The molecule has 0 aliphatic rings. The topological polar surface area (TPSA) is 98.0 Å². The Labute approximate surface area is 244 Å². The highest BCUT2D eigenvalue weighted by Gasteiger charge is 2.20. The Hall–Kier alpha value is -4.85. The number of carbonyl (C=O) groups is 2. The molecule has 0 spiro atoms. The maximum atomic E-state index is 15.8.